The summed E-state index contributed by atoms with van der Waals surface area (Å²) in [5.41, 5.74) is 10.2. The quantitative estimate of drug-likeness (QED) is 0.643. The molecule has 2 atom stereocenters. The summed E-state index contributed by atoms with van der Waals surface area (Å²) < 4.78 is 5.02. The van der Waals surface area contributed by atoms with Gasteiger partial charge in [0.1, 0.15) is 6.07 Å². The zero-order chi connectivity index (χ0) is 14.5. The van der Waals surface area contributed by atoms with Gasteiger partial charge in [0.2, 0.25) is 0 Å². The number of nitriles is 1. The third-order valence-corrected chi connectivity index (χ3v) is 3.82. The highest BCUT2D eigenvalue weighted by molar-refractivity contribution is 7.09. The molecule has 0 bridgehead atoms. The first-order valence-corrected chi connectivity index (χ1v) is 7.51. The maximum Gasteiger partial charge on any atom is 0.101 e. The Kier molecular flexibility index (Phi) is 5.37. The molecule has 1 aliphatic rings. The molecule has 108 valence electrons. The van der Waals surface area contributed by atoms with E-state index in [-0.39, 0.29) is 6.04 Å². The Balaban J connectivity index is 2.22. The summed E-state index contributed by atoms with van der Waals surface area (Å²) in [6.45, 7) is 4.64. The van der Waals surface area contributed by atoms with Crippen LogP contribution in [-0.4, -0.2) is 25.7 Å². The highest BCUT2D eigenvalue weighted by Crippen LogP contribution is 2.33. The number of fused-ring (bicyclic) bond motifs is 1. The van der Waals surface area contributed by atoms with E-state index in [4.69, 9.17) is 10.3 Å². The van der Waals surface area contributed by atoms with Crippen LogP contribution < -0.4 is 10.6 Å². The topological polar surface area (TPSA) is 62.3 Å². The fourth-order valence-corrected chi connectivity index (χ4v) is 3.00. The van der Waals surface area contributed by atoms with Crippen molar-refractivity contribution in [2.24, 2.45) is 5.73 Å². The lowest BCUT2D eigenvalue weighted by Gasteiger charge is -2.20. The fraction of sp³-hybridized carbons (Fsp3) is 0.533. The van der Waals surface area contributed by atoms with Crippen molar-refractivity contribution < 1.29 is 4.52 Å². The molecule has 5 heteroatoms. The molecule has 4 nitrogen and oxygen atoms in total. The van der Waals surface area contributed by atoms with Gasteiger partial charge >= 0.3 is 0 Å². The second-order valence-corrected chi connectivity index (χ2v) is 5.74. The van der Waals surface area contributed by atoms with Gasteiger partial charge in [0.25, 0.3) is 0 Å². The first-order valence-electron chi connectivity index (χ1n) is 7.03. The van der Waals surface area contributed by atoms with Crippen LogP contribution in [0.1, 0.15) is 30.0 Å². The van der Waals surface area contributed by atoms with Gasteiger partial charge in [-0.1, -0.05) is 6.07 Å². The SMILES string of the molecule is C[C@@H](N)Cc1cc(C#N)c2c(c1)CCN2CCCOP. The summed E-state index contributed by atoms with van der Waals surface area (Å²) in [4.78, 5) is 2.30. The monoisotopic (exact) mass is 291 g/mol. The number of rotatable bonds is 6. The number of anilines is 1. The Hall–Kier alpha value is -1.14. The van der Waals surface area contributed by atoms with Gasteiger partial charge in [-0.15, -0.1) is 0 Å². The first kappa shape index (κ1) is 15.3. The largest absolute Gasteiger partial charge is 0.370 e. The number of benzene rings is 1. The van der Waals surface area contributed by atoms with Crippen molar-refractivity contribution in [3.8, 4) is 6.07 Å². The van der Waals surface area contributed by atoms with Gasteiger partial charge in [-0.3, -0.25) is 0 Å². The van der Waals surface area contributed by atoms with Crippen LogP contribution in [0.4, 0.5) is 5.69 Å². The smallest absolute Gasteiger partial charge is 0.101 e. The minimum Gasteiger partial charge on any atom is -0.370 e. The normalized spacial score (nSPS) is 15.0. The second kappa shape index (κ2) is 7.04. The maximum atomic E-state index is 9.41. The van der Waals surface area contributed by atoms with Crippen LogP contribution in [0.15, 0.2) is 12.1 Å². The van der Waals surface area contributed by atoms with Crippen LogP contribution in [-0.2, 0) is 17.4 Å². The summed E-state index contributed by atoms with van der Waals surface area (Å²) in [5.74, 6) is 0. The van der Waals surface area contributed by atoms with E-state index in [0.29, 0.717) is 0 Å². The highest BCUT2D eigenvalue weighted by Gasteiger charge is 2.23. The third kappa shape index (κ3) is 3.49. The van der Waals surface area contributed by atoms with Gasteiger partial charge in [0, 0.05) is 28.6 Å². The van der Waals surface area contributed by atoms with Gasteiger partial charge in [-0.2, -0.15) is 5.26 Å². The average Bonchev–Trinajstić information content (AvgIpc) is 2.81. The first-order chi connectivity index (χ1) is 9.65. The molecule has 2 N–H and O–H groups in total. The number of nitrogens with zero attached hydrogens (tertiary/aromatic N) is 2. The molecule has 0 saturated heterocycles. The molecular formula is C15H22N3OP. The van der Waals surface area contributed by atoms with Crippen LogP contribution >= 0.6 is 9.47 Å². The van der Waals surface area contributed by atoms with Crippen molar-refractivity contribution in [3.63, 3.8) is 0 Å². The van der Waals surface area contributed by atoms with Crippen LogP contribution in [0.5, 0.6) is 0 Å². The predicted octanol–water partition coefficient (Wildman–Crippen LogP) is 2.01. The lowest BCUT2D eigenvalue weighted by atomic mass is 9.99. The molecule has 0 spiro atoms. The number of hydrogen-bond donors (Lipinski definition) is 1. The molecule has 0 saturated carbocycles. The highest BCUT2D eigenvalue weighted by atomic mass is 31.0. The molecule has 0 aromatic heterocycles. The molecule has 1 unspecified atom stereocenters. The molecule has 0 radical (unpaired) electrons. The summed E-state index contributed by atoms with van der Waals surface area (Å²) in [7, 11) is 2.28. The summed E-state index contributed by atoms with van der Waals surface area (Å²) in [6.07, 6.45) is 2.80. The van der Waals surface area contributed by atoms with Gasteiger partial charge in [0.15, 0.2) is 0 Å². The minimum absolute atomic E-state index is 0.122. The standard InChI is InChI=1S/C15H22N3OP/c1-11(17)7-12-8-13-3-5-18(4-2-6-19-20)15(13)14(9-12)10-16/h8-9,11H,2-7,17,20H2,1H3/t11-/m1/s1. The van der Waals surface area contributed by atoms with E-state index in [1.165, 1.54) is 11.1 Å². The Bertz CT molecular complexity index is 511. The molecule has 1 aliphatic heterocycles. The van der Waals surface area contributed by atoms with Crippen molar-refractivity contribution >= 4 is 15.2 Å². The van der Waals surface area contributed by atoms with E-state index in [2.05, 4.69) is 26.5 Å². The fourth-order valence-electron chi connectivity index (χ4n) is 2.83. The Morgan fingerprint density at radius 2 is 2.35 bits per heavy atom. The van der Waals surface area contributed by atoms with Crippen LogP contribution in [0.2, 0.25) is 0 Å². The third-order valence-electron chi connectivity index (χ3n) is 3.58. The Labute approximate surface area is 123 Å². The van der Waals surface area contributed by atoms with Crippen molar-refractivity contribution in [1.82, 2.24) is 0 Å². The van der Waals surface area contributed by atoms with Gasteiger partial charge in [-0.05, 0) is 43.4 Å². The minimum atomic E-state index is 0.122. The van der Waals surface area contributed by atoms with E-state index < -0.39 is 0 Å². The molecule has 20 heavy (non-hydrogen) atoms. The van der Waals surface area contributed by atoms with Gasteiger partial charge < -0.3 is 15.2 Å². The summed E-state index contributed by atoms with van der Waals surface area (Å²) in [6, 6.07) is 6.67. The van der Waals surface area contributed by atoms with Crippen LogP contribution in [0.3, 0.4) is 0 Å². The van der Waals surface area contributed by atoms with Crippen LogP contribution in [0.25, 0.3) is 0 Å². The predicted molar refractivity (Wildman–Crippen MR) is 84.7 cm³/mol. The molecule has 1 aromatic carbocycles. The average molecular weight is 291 g/mol. The van der Waals surface area contributed by atoms with Crippen molar-refractivity contribution in [1.29, 1.82) is 5.26 Å². The van der Waals surface area contributed by atoms with E-state index in [0.717, 1.165) is 50.2 Å². The van der Waals surface area contributed by atoms with Crippen molar-refractivity contribution in [2.75, 3.05) is 24.6 Å². The van der Waals surface area contributed by atoms with Crippen molar-refractivity contribution in [2.45, 2.75) is 32.2 Å². The zero-order valence-corrected chi connectivity index (χ0v) is 13.1. The molecule has 1 aromatic rings. The summed E-state index contributed by atoms with van der Waals surface area (Å²) in [5, 5.41) is 9.41. The lowest BCUT2D eigenvalue weighted by Crippen LogP contribution is -2.23. The van der Waals surface area contributed by atoms with Gasteiger partial charge in [0.05, 0.1) is 17.9 Å². The van der Waals surface area contributed by atoms with Crippen molar-refractivity contribution in [3.05, 3.63) is 28.8 Å². The van der Waals surface area contributed by atoms with Gasteiger partial charge in [-0.25, -0.2) is 0 Å². The van der Waals surface area contributed by atoms with E-state index in [1.54, 1.807) is 0 Å². The maximum absolute atomic E-state index is 9.41. The molecule has 1 heterocycles. The van der Waals surface area contributed by atoms with E-state index >= 15 is 0 Å². The zero-order valence-electron chi connectivity index (χ0n) is 11.9. The van der Waals surface area contributed by atoms with Crippen LogP contribution in [0, 0.1) is 11.3 Å². The number of nitrogens with two attached hydrogens (primary N) is 1. The molecule has 0 amide bonds. The molecule has 0 aliphatic carbocycles. The molecule has 2 rings (SSSR count). The molecule has 0 fully saturated rings. The lowest BCUT2D eigenvalue weighted by molar-refractivity contribution is 0.364. The number of hydrogen-bond acceptors (Lipinski definition) is 4. The van der Waals surface area contributed by atoms with E-state index in [9.17, 15) is 5.26 Å². The second-order valence-electron chi connectivity index (χ2n) is 5.41. The Morgan fingerprint density at radius 1 is 1.55 bits per heavy atom. The molecular weight excluding hydrogens is 269 g/mol. The summed E-state index contributed by atoms with van der Waals surface area (Å²) >= 11 is 0. The van der Waals surface area contributed by atoms with E-state index in [1.807, 2.05) is 13.0 Å². The Morgan fingerprint density at radius 3 is 3.00 bits per heavy atom.